The van der Waals surface area contributed by atoms with Crippen LogP contribution < -0.4 is 0 Å². The number of allylic oxidation sites excluding steroid dienone is 4. The molecule has 0 N–H and O–H groups in total. The van der Waals surface area contributed by atoms with Gasteiger partial charge in [0.1, 0.15) is 12.2 Å². The minimum atomic E-state index is -5.20. The molecule has 77 heavy (non-hydrogen) atoms. The summed E-state index contributed by atoms with van der Waals surface area (Å²) in [6.07, 6.45) is -12.4. The minimum Gasteiger partial charge on any atom is -0.295 e. The summed E-state index contributed by atoms with van der Waals surface area (Å²) in [7, 11) is 0. The number of Topliss-reactive ketones (excluding diaryl/α,β-unsaturated/α-hetero) is 2. The third-order valence-corrected chi connectivity index (χ3v) is 12.6. The lowest BCUT2D eigenvalue weighted by Crippen LogP contribution is -2.31. The molecule has 8 rings (SSSR count). The van der Waals surface area contributed by atoms with Gasteiger partial charge in [0.25, 0.3) is 23.5 Å². The van der Waals surface area contributed by atoms with E-state index in [1.165, 1.54) is 31.2 Å². The topological polar surface area (TPSA) is 126 Å². The molecule has 3 aliphatic rings. The first-order chi connectivity index (χ1) is 35.7. The van der Waals surface area contributed by atoms with E-state index in [-0.39, 0.29) is 79.1 Å². The molecule has 5 aromatic rings. The van der Waals surface area contributed by atoms with Crippen molar-refractivity contribution in [2.75, 3.05) is 0 Å². The zero-order chi connectivity index (χ0) is 57.3. The van der Waals surface area contributed by atoms with Gasteiger partial charge in [0.2, 0.25) is 0 Å². The van der Waals surface area contributed by atoms with Crippen molar-refractivity contribution in [1.29, 1.82) is 0 Å². The Bertz CT molecular complexity index is 3370. The Morgan fingerprint density at radius 1 is 0.558 bits per heavy atom. The van der Waals surface area contributed by atoms with Gasteiger partial charge in [-0.1, -0.05) is 91.5 Å². The average molecular weight is 1250 g/mol. The third-order valence-electron chi connectivity index (χ3n) is 11.0. The predicted octanol–water partition coefficient (Wildman–Crippen LogP) is 14.6. The molecule has 0 aromatic heterocycles. The number of imide groups is 2. The van der Waals surface area contributed by atoms with E-state index in [1.54, 1.807) is 42.5 Å². The van der Waals surface area contributed by atoms with E-state index in [1.807, 2.05) is 0 Å². The summed E-state index contributed by atoms with van der Waals surface area (Å²) in [5.74, 6) is -5.38. The number of carbonyl (C=O) groups excluding carboxylic acids is 7. The molecule has 2 aliphatic heterocycles. The first-order valence-electron chi connectivity index (χ1n) is 21.3. The second kappa shape index (κ2) is 22.9. The van der Waals surface area contributed by atoms with E-state index in [4.69, 9.17) is 23.2 Å². The molecule has 4 amide bonds. The number of ketones is 3. The highest BCUT2D eigenvalue weighted by Crippen LogP contribution is 2.40. The number of hydrogen-bond acceptors (Lipinski definition) is 7. The van der Waals surface area contributed by atoms with Crippen molar-refractivity contribution in [3.05, 3.63) is 213 Å². The number of alkyl halides is 12. The van der Waals surface area contributed by atoms with Crippen LogP contribution in [0.2, 0.25) is 10.0 Å². The van der Waals surface area contributed by atoms with Crippen molar-refractivity contribution >= 4 is 102 Å². The molecule has 398 valence electrons. The van der Waals surface area contributed by atoms with Gasteiger partial charge < -0.3 is 0 Å². The van der Waals surface area contributed by atoms with Crippen molar-refractivity contribution in [2.45, 2.75) is 44.7 Å². The van der Waals surface area contributed by atoms with Crippen LogP contribution in [0, 0.1) is 6.08 Å². The molecule has 0 radical (unpaired) electrons. The number of fused-ring (bicyclic) bond motifs is 1. The molecule has 0 bridgehead atoms. The van der Waals surface area contributed by atoms with Crippen LogP contribution in [0.4, 0.5) is 52.7 Å². The number of hydrogen-bond donors (Lipinski definition) is 0. The van der Waals surface area contributed by atoms with Gasteiger partial charge in [0.15, 0.2) is 22.7 Å². The fourth-order valence-corrected chi connectivity index (χ4v) is 8.73. The molecule has 1 aliphatic carbocycles. The Morgan fingerprint density at radius 3 is 1.47 bits per heavy atom. The monoisotopic (exact) mass is 1250 g/mol. The number of carbonyl (C=O) groups is 7. The molecule has 0 fully saturated rings. The lowest BCUT2D eigenvalue weighted by Gasteiger charge is -2.16. The first kappa shape index (κ1) is 59.2. The van der Waals surface area contributed by atoms with Crippen molar-refractivity contribution in [3.8, 4) is 0 Å². The van der Waals surface area contributed by atoms with Gasteiger partial charge in [-0.3, -0.25) is 43.4 Å². The number of benzene rings is 5. The van der Waals surface area contributed by atoms with Gasteiger partial charge in [-0.2, -0.15) is 52.7 Å². The lowest BCUT2D eigenvalue weighted by atomic mass is 9.99. The Balaban J connectivity index is 0.000000207. The van der Waals surface area contributed by atoms with Crippen molar-refractivity contribution in [2.24, 2.45) is 0 Å². The fraction of sp³-hybridized carbons (Fsp3) is 0.135. The molecule has 0 saturated heterocycles. The number of halogens is 16. The second-order valence-corrected chi connectivity index (χ2v) is 18.9. The van der Waals surface area contributed by atoms with Crippen LogP contribution in [0.5, 0.6) is 0 Å². The highest BCUT2D eigenvalue weighted by atomic mass is 79.9. The van der Waals surface area contributed by atoms with Crippen molar-refractivity contribution in [3.63, 3.8) is 0 Å². The van der Waals surface area contributed by atoms with Gasteiger partial charge in [0, 0.05) is 41.8 Å². The lowest BCUT2D eigenvalue weighted by molar-refractivity contribution is -0.139. The van der Waals surface area contributed by atoms with Crippen LogP contribution in [0.25, 0.3) is 5.57 Å². The smallest absolute Gasteiger partial charge is 0.295 e. The van der Waals surface area contributed by atoms with Gasteiger partial charge in [0.05, 0.1) is 47.0 Å². The average Bonchev–Trinajstić information content (AvgIpc) is 3.73. The molecule has 25 heteroatoms. The molecule has 5 aromatic carbocycles. The van der Waals surface area contributed by atoms with Crippen LogP contribution in [0.1, 0.15) is 86.5 Å². The predicted molar refractivity (Wildman–Crippen MR) is 260 cm³/mol. The van der Waals surface area contributed by atoms with Crippen LogP contribution in [0.3, 0.4) is 0 Å². The van der Waals surface area contributed by atoms with Crippen LogP contribution >= 0.6 is 55.1 Å². The maximum Gasteiger partial charge on any atom is 0.454 e. The molecule has 0 saturated carbocycles. The normalized spacial score (nSPS) is 14.4. The fourth-order valence-electron chi connectivity index (χ4n) is 7.27. The minimum absolute atomic E-state index is 0.0728. The Kier molecular flexibility index (Phi) is 17.6. The molecular weight excluding hydrogens is 1220 g/mol. The molecule has 2 heterocycles. The molecule has 0 spiro atoms. The highest BCUT2D eigenvalue weighted by Gasteiger charge is 2.44. The van der Waals surface area contributed by atoms with Crippen LogP contribution in [0.15, 0.2) is 141 Å². The van der Waals surface area contributed by atoms with Crippen LogP contribution in [-0.4, -0.2) is 63.1 Å². The molecular formula is C52H27Br2Cl2F12N2O7+. The zero-order valence-corrected chi connectivity index (χ0v) is 42.9. The summed E-state index contributed by atoms with van der Waals surface area (Å²) in [5.41, 5.74) is -3.92. The summed E-state index contributed by atoms with van der Waals surface area (Å²) in [4.78, 5) is 86.6. The standard InChI is InChI=1S/C26H13BrClF6NO3.C17H11ClNO3.C9H3BrF6O/c27-17-8-15(7-16(10-17)25(29,30)31)20(26(32,33)34)11-22(36)13-5-6-14(21(28)9-13)12-35-23(37)18-3-1-2-4-19(18)24(35)38;1-10(20)11-6-7-12(15(18)8-11)9-19-16(21)13-4-2-3-5-14(13)17(19)22;10-6-2-4(7(17)9(14,15)16)1-5(3-6)8(11,12)13/h1-11H,12H2;2,4-8H,9H2,1H3;1-3H/q;+1;/b20-11-;;. The molecule has 0 unspecified atom stereocenters. The van der Waals surface area contributed by atoms with Gasteiger partial charge >= 0.3 is 30.6 Å². The second-order valence-electron chi connectivity index (χ2n) is 16.3. The van der Waals surface area contributed by atoms with Crippen molar-refractivity contribution in [1.82, 2.24) is 9.80 Å². The zero-order valence-electron chi connectivity index (χ0n) is 38.3. The summed E-state index contributed by atoms with van der Waals surface area (Å²) in [6.45, 7) is 1.27. The number of nitrogens with zero attached hydrogens (tertiary/aromatic N) is 2. The van der Waals surface area contributed by atoms with E-state index < -0.39 is 75.9 Å². The molecule has 0 atom stereocenters. The van der Waals surface area contributed by atoms with E-state index in [9.17, 15) is 86.2 Å². The Hall–Kier alpha value is -7.04. The van der Waals surface area contributed by atoms with Gasteiger partial charge in [-0.25, -0.2) is 0 Å². The Labute approximate surface area is 453 Å². The quantitative estimate of drug-likeness (QED) is 0.0473. The number of rotatable bonds is 9. The van der Waals surface area contributed by atoms with Crippen LogP contribution in [-0.2, 0) is 35.0 Å². The number of amides is 4. The summed E-state index contributed by atoms with van der Waals surface area (Å²) in [6, 6.07) is 17.7. The largest absolute Gasteiger partial charge is 0.454 e. The Morgan fingerprint density at radius 2 is 1.01 bits per heavy atom. The summed E-state index contributed by atoms with van der Waals surface area (Å²) < 4.78 is 153. The maximum absolute atomic E-state index is 13.8. The maximum atomic E-state index is 13.8. The van der Waals surface area contributed by atoms with Gasteiger partial charge in [-0.05, 0) is 90.4 Å². The summed E-state index contributed by atoms with van der Waals surface area (Å²) >= 11 is 17.8. The highest BCUT2D eigenvalue weighted by molar-refractivity contribution is 9.10. The third kappa shape index (κ3) is 13.9. The van der Waals surface area contributed by atoms with Gasteiger partial charge in [-0.15, -0.1) is 0 Å². The molecule has 9 nitrogen and oxygen atoms in total. The van der Waals surface area contributed by atoms with E-state index in [0.717, 1.165) is 28.0 Å². The van der Waals surface area contributed by atoms with E-state index >= 15 is 0 Å². The first-order valence-corrected chi connectivity index (χ1v) is 23.6. The SMILES string of the molecule is CC(=O)c1ccc(CN2C(=O)C3=C(C=C[C+]=C3)C2=O)c(Cl)c1.O=C(/C=C(/c1cc(Br)cc(C(F)(F)F)c1)C(F)(F)F)c1ccc(CN2C(=O)c3ccccc3C2=O)c(Cl)c1.O=C(c1cc(Br)cc(C(F)(F)F)c1)C(F)(F)F. The summed E-state index contributed by atoms with van der Waals surface area (Å²) in [5, 5.41) is 0.256. The van der Waals surface area contributed by atoms with E-state index in [0.29, 0.717) is 51.6 Å². The van der Waals surface area contributed by atoms with E-state index in [2.05, 4.69) is 37.9 Å². The van der Waals surface area contributed by atoms with Crippen molar-refractivity contribution < 1.29 is 86.2 Å².